The SMILES string of the molecule is C[C@@H](Sc1nnnn1Cc1ccccc1)C(=O)Nc1sc2c(c1C#N)CCCCC2. The van der Waals surface area contributed by atoms with Crippen LogP contribution < -0.4 is 5.32 Å². The monoisotopic (exact) mass is 438 g/mol. The Kier molecular flexibility index (Phi) is 6.45. The van der Waals surface area contributed by atoms with Gasteiger partial charge in [-0.1, -0.05) is 48.5 Å². The van der Waals surface area contributed by atoms with E-state index in [-0.39, 0.29) is 5.91 Å². The Bertz CT molecular complexity index is 1070. The van der Waals surface area contributed by atoms with Gasteiger partial charge in [0.15, 0.2) is 0 Å². The second kappa shape index (κ2) is 9.41. The zero-order valence-electron chi connectivity index (χ0n) is 16.7. The molecule has 7 nitrogen and oxygen atoms in total. The van der Waals surface area contributed by atoms with E-state index in [2.05, 4.69) is 26.9 Å². The summed E-state index contributed by atoms with van der Waals surface area (Å²) in [5.41, 5.74) is 2.85. The summed E-state index contributed by atoms with van der Waals surface area (Å²) in [6.45, 7) is 2.37. The minimum absolute atomic E-state index is 0.151. The Morgan fingerprint density at radius 1 is 1.30 bits per heavy atom. The number of rotatable bonds is 6. The van der Waals surface area contributed by atoms with E-state index in [0.717, 1.165) is 36.8 Å². The molecule has 0 bridgehead atoms. The highest BCUT2D eigenvalue weighted by Crippen LogP contribution is 2.37. The fourth-order valence-electron chi connectivity index (χ4n) is 3.51. The zero-order valence-corrected chi connectivity index (χ0v) is 18.3. The topological polar surface area (TPSA) is 96.5 Å². The molecule has 154 valence electrons. The molecule has 30 heavy (non-hydrogen) atoms. The number of anilines is 1. The maximum absolute atomic E-state index is 12.8. The lowest BCUT2D eigenvalue weighted by atomic mass is 10.1. The van der Waals surface area contributed by atoms with Crippen molar-refractivity contribution in [2.45, 2.75) is 56.0 Å². The predicted octanol–water partition coefficient (Wildman–Crippen LogP) is 4.04. The molecule has 0 fully saturated rings. The van der Waals surface area contributed by atoms with Crippen LogP contribution in [0.25, 0.3) is 0 Å². The summed E-state index contributed by atoms with van der Waals surface area (Å²) < 4.78 is 1.69. The fraction of sp³-hybridized carbons (Fsp3) is 0.381. The molecule has 2 aromatic heterocycles. The summed E-state index contributed by atoms with van der Waals surface area (Å²) in [6.07, 6.45) is 5.34. The molecule has 0 saturated heterocycles. The second-order valence-corrected chi connectivity index (χ2v) is 9.65. The first kappa shape index (κ1) is 20.6. The van der Waals surface area contributed by atoms with E-state index in [1.165, 1.54) is 23.1 Å². The average molecular weight is 439 g/mol. The Morgan fingerprint density at radius 2 is 2.10 bits per heavy atom. The van der Waals surface area contributed by atoms with Crippen molar-refractivity contribution >= 4 is 34.0 Å². The predicted molar refractivity (Wildman–Crippen MR) is 118 cm³/mol. The van der Waals surface area contributed by atoms with E-state index in [1.807, 2.05) is 37.3 Å². The summed E-state index contributed by atoms with van der Waals surface area (Å²) in [4.78, 5) is 14.1. The molecule has 3 aromatic rings. The molecule has 1 atom stereocenters. The van der Waals surface area contributed by atoms with Gasteiger partial charge in [0.1, 0.15) is 11.1 Å². The van der Waals surface area contributed by atoms with Crippen molar-refractivity contribution in [3.8, 4) is 6.07 Å². The summed E-state index contributed by atoms with van der Waals surface area (Å²) in [5.74, 6) is -0.151. The third-order valence-electron chi connectivity index (χ3n) is 5.10. The maximum Gasteiger partial charge on any atom is 0.238 e. The van der Waals surface area contributed by atoms with Crippen molar-refractivity contribution in [2.24, 2.45) is 0 Å². The summed E-state index contributed by atoms with van der Waals surface area (Å²) in [5, 5.41) is 25.4. The molecule has 4 rings (SSSR count). The third-order valence-corrected chi connectivity index (χ3v) is 7.37. The van der Waals surface area contributed by atoms with E-state index in [1.54, 1.807) is 16.0 Å². The quantitative estimate of drug-likeness (QED) is 0.461. The Labute approximate surface area is 183 Å². The average Bonchev–Trinajstić information content (AvgIpc) is 3.24. The standard InChI is InChI=1S/C21H22N6OS2/c1-14(29-21-24-25-26-27(21)13-15-8-4-2-5-9-15)19(28)23-20-17(12-22)16-10-6-3-7-11-18(16)30-20/h2,4-5,8-9,14H,3,6-7,10-11,13H2,1H3,(H,23,28)/t14-/m1/s1. The molecule has 1 aliphatic carbocycles. The van der Waals surface area contributed by atoms with Gasteiger partial charge in [0.05, 0.1) is 17.4 Å². The molecule has 1 aliphatic rings. The number of hydrogen-bond donors (Lipinski definition) is 1. The van der Waals surface area contributed by atoms with Gasteiger partial charge in [-0.15, -0.1) is 16.4 Å². The molecular weight excluding hydrogens is 416 g/mol. The van der Waals surface area contributed by atoms with Gasteiger partial charge in [-0.05, 0) is 54.2 Å². The van der Waals surface area contributed by atoms with Crippen LogP contribution in [0.3, 0.4) is 0 Å². The number of thiophene rings is 1. The Balaban J connectivity index is 1.44. The van der Waals surface area contributed by atoms with Gasteiger partial charge >= 0.3 is 0 Å². The summed E-state index contributed by atoms with van der Waals surface area (Å²) in [7, 11) is 0. The van der Waals surface area contributed by atoms with Crippen LogP contribution in [0, 0.1) is 11.3 Å². The molecule has 2 heterocycles. The highest BCUT2D eigenvalue weighted by Gasteiger charge is 2.24. The van der Waals surface area contributed by atoms with Gasteiger partial charge in [0, 0.05) is 4.88 Å². The molecule has 0 aliphatic heterocycles. The van der Waals surface area contributed by atoms with Crippen molar-refractivity contribution in [1.29, 1.82) is 5.26 Å². The van der Waals surface area contributed by atoms with Crippen LogP contribution >= 0.6 is 23.1 Å². The van der Waals surface area contributed by atoms with E-state index in [4.69, 9.17) is 0 Å². The zero-order chi connectivity index (χ0) is 20.9. The fourth-order valence-corrected chi connectivity index (χ4v) is 5.54. The van der Waals surface area contributed by atoms with E-state index >= 15 is 0 Å². The molecule has 0 spiro atoms. The lowest BCUT2D eigenvalue weighted by Crippen LogP contribution is -2.23. The van der Waals surface area contributed by atoms with Crippen LogP contribution in [0.5, 0.6) is 0 Å². The number of fused-ring (bicyclic) bond motifs is 1. The Morgan fingerprint density at radius 3 is 2.90 bits per heavy atom. The van der Waals surface area contributed by atoms with Crippen LogP contribution in [0.15, 0.2) is 35.5 Å². The van der Waals surface area contributed by atoms with Crippen molar-refractivity contribution in [3.05, 3.63) is 51.9 Å². The number of nitriles is 1. The maximum atomic E-state index is 12.8. The molecule has 0 unspecified atom stereocenters. The first-order valence-electron chi connectivity index (χ1n) is 9.98. The van der Waals surface area contributed by atoms with E-state index in [0.29, 0.717) is 22.3 Å². The number of carbonyl (C=O) groups excluding carboxylic acids is 1. The van der Waals surface area contributed by atoms with Crippen molar-refractivity contribution in [1.82, 2.24) is 20.2 Å². The molecule has 1 N–H and O–H groups in total. The van der Waals surface area contributed by atoms with Crippen LogP contribution in [-0.4, -0.2) is 31.4 Å². The number of aryl methyl sites for hydroxylation is 1. The molecule has 0 saturated carbocycles. The number of carbonyl (C=O) groups is 1. The first-order chi connectivity index (χ1) is 14.7. The number of tetrazole rings is 1. The highest BCUT2D eigenvalue weighted by atomic mass is 32.2. The van der Waals surface area contributed by atoms with Crippen LogP contribution in [-0.2, 0) is 24.2 Å². The van der Waals surface area contributed by atoms with Gasteiger partial charge in [0.2, 0.25) is 11.1 Å². The largest absolute Gasteiger partial charge is 0.316 e. The number of amides is 1. The minimum Gasteiger partial charge on any atom is -0.316 e. The van der Waals surface area contributed by atoms with Crippen LogP contribution in [0.4, 0.5) is 5.00 Å². The number of nitrogens with zero attached hydrogens (tertiary/aromatic N) is 5. The number of hydrogen-bond acceptors (Lipinski definition) is 7. The molecule has 1 amide bonds. The van der Waals surface area contributed by atoms with Crippen LogP contribution in [0.1, 0.15) is 47.8 Å². The van der Waals surface area contributed by atoms with E-state index in [9.17, 15) is 10.1 Å². The number of nitrogens with one attached hydrogen (secondary N) is 1. The lowest BCUT2D eigenvalue weighted by molar-refractivity contribution is -0.115. The van der Waals surface area contributed by atoms with Crippen molar-refractivity contribution < 1.29 is 4.79 Å². The first-order valence-corrected chi connectivity index (χ1v) is 11.7. The number of benzene rings is 1. The van der Waals surface area contributed by atoms with Gasteiger partial charge in [-0.3, -0.25) is 4.79 Å². The number of thioether (sulfide) groups is 1. The van der Waals surface area contributed by atoms with Crippen LogP contribution in [0.2, 0.25) is 0 Å². The lowest BCUT2D eigenvalue weighted by Gasteiger charge is -2.11. The van der Waals surface area contributed by atoms with Gasteiger partial charge in [-0.2, -0.15) is 5.26 Å². The molecule has 9 heteroatoms. The van der Waals surface area contributed by atoms with Crippen molar-refractivity contribution in [3.63, 3.8) is 0 Å². The Hall–Kier alpha value is -2.70. The highest BCUT2D eigenvalue weighted by molar-refractivity contribution is 8.00. The van der Waals surface area contributed by atoms with Gasteiger partial charge in [0.25, 0.3) is 0 Å². The molecule has 1 aromatic carbocycles. The van der Waals surface area contributed by atoms with E-state index < -0.39 is 5.25 Å². The normalized spacial score (nSPS) is 14.4. The molecule has 0 radical (unpaired) electrons. The third kappa shape index (κ3) is 4.55. The number of aromatic nitrogens is 4. The van der Waals surface area contributed by atoms with Gasteiger partial charge < -0.3 is 5.32 Å². The summed E-state index contributed by atoms with van der Waals surface area (Å²) >= 11 is 2.86. The van der Waals surface area contributed by atoms with Crippen molar-refractivity contribution in [2.75, 3.05) is 5.32 Å². The summed E-state index contributed by atoms with van der Waals surface area (Å²) in [6, 6.07) is 12.2. The second-order valence-electron chi connectivity index (χ2n) is 7.23. The minimum atomic E-state index is -0.404. The smallest absolute Gasteiger partial charge is 0.238 e. The van der Waals surface area contributed by atoms with Gasteiger partial charge in [-0.25, -0.2) is 4.68 Å². The molecular formula is C21H22N6OS2.